The highest BCUT2D eigenvalue weighted by molar-refractivity contribution is 8.00. The van der Waals surface area contributed by atoms with E-state index < -0.39 is 0 Å². The van der Waals surface area contributed by atoms with Gasteiger partial charge in [-0.05, 0) is 30.7 Å². The van der Waals surface area contributed by atoms with Gasteiger partial charge in [0.05, 0.1) is 0 Å². The topological polar surface area (TPSA) is 81.1 Å². The number of carbonyl (C=O) groups excluding carboxylic acids is 1. The zero-order valence-corrected chi connectivity index (χ0v) is 11.2. The molecule has 0 fully saturated rings. The van der Waals surface area contributed by atoms with Crippen LogP contribution in [0.2, 0.25) is 0 Å². The van der Waals surface area contributed by atoms with Crippen LogP contribution >= 0.6 is 11.8 Å². The Hall–Kier alpha value is -1.20. The SMILES string of the molecule is Cc1cc(N)ccc1SC(C)C(C)C(=O)NN. The van der Waals surface area contributed by atoms with Crippen LogP contribution in [-0.4, -0.2) is 11.2 Å². The van der Waals surface area contributed by atoms with E-state index in [1.54, 1.807) is 11.8 Å². The second kappa shape index (κ2) is 5.93. The van der Waals surface area contributed by atoms with Crippen LogP contribution in [0.1, 0.15) is 19.4 Å². The van der Waals surface area contributed by atoms with Gasteiger partial charge >= 0.3 is 0 Å². The monoisotopic (exact) mass is 253 g/mol. The molecule has 0 aliphatic carbocycles. The highest BCUT2D eigenvalue weighted by atomic mass is 32.2. The predicted molar refractivity (Wildman–Crippen MR) is 72.4 cm³/mol. The van der Waals surface area contributed by atoms with Crippen molar-refractivity contribution in [3.8, 4) is 0 Å². The van der Waals surface area contributed by atoms with Gasteiger partial charge < -0.3 is 5.73 Å². The van der Waals surface area contributed by atoms with Gasteiger partial charge in [-0.25, -0.2) is 5.84 Å². The number of nitrogen functional groups attached to an aromatic ring is 1. The van der Waals surface area contributed by atoms with Gasteiger partial charge in [0.15, 0.2) is 0 Å². The van der Waals surface area contributed by atoms with Crippen molar-refractivity contribution in [3.63, 3.8) is 0 Å². The van der Waals surface area contributed by atoms with Crippen molar-refractivity contribution in [2.24, 2.45) is 11.8 Å². The van der Waals surface area contributed by atoms with Crippen molar-refractivity contribution in [1.29, 1.82) is 0 Å². The maximum atomic E-state index is 11.4. The van der Waals surface area contributed by atoms with E-state index in [1.165, 1.54) is 0 Å². The first-order valence-corrected chi connectivity index (χ1v) is 6.37. The Labute approximate surface area is 106 Å². The zero-order chi connectivity index (χ0) is 13.0. The first kappa shape index (κ1) is 13.9. The smallest absolute Gasteiger partial charge is 0.237 e. The van der Waals surface area contributed by atoms with Crippen LogP contribution in [0, 0.1) is 12.8 Å². The van der Waals surface area contributed by atoms with Gasteiger partial charge in [0.2, 0.25) is 5.91 Å². The van der Waals surface area contributed by atoms with E-state index in [-0.39, 0.29) is 17.1 Å². The number of aryl methyl sites for hydroxylation is 1. The van der Waals surface area contributed by atoms with Crippen molar-refractivity contribution in [3.05, 3.63) is 23.8 Å². The van der Waals surface area contributed by atoms with Gasteiger partial charge in [0.25, 0.3) is 0 Å². The van der Waals surface area contributed by atoms with E-state index >= 15 is 0 Å². The summed E-state index contributed by atoms with van der Waals surface area (Å²) in [6.07, 6.45) is 0. The number of hydrogen-bond donors (Lipinski definition) is 3. The molecule has 4 nitrogen and oxygen atoms in total. The summed E-state index contributed by atoms with van der Waals surface area (Å²) in [7, 11) is 0. The van der Waals surface area contributed by atoms with Gasteiger partial charge in [-0.15, -0.1) is 11.8 Å². The summed E-state index contributed by atoms with van der Waals surface area (Å²) in [6.45, 7) is 5.89. The molecule has 0 saturated carbocycles. The molecular weight excluding hydrogens is 234 g/mol. The lowest BCUT2D eigenvalue weighted by atomic mass is 10.1. The third kappa shape index (κ3) is 3.64. The normalized spacial score (nSPS) is 14.1. The molecule has 5 N–H and O–H groups in total. The standard InChI is InChI=1S/C12H19N3OS/c1-7-6-10(13)4-5-11(7)17-9(3)8(2)12(16)15-14/h4-6,8-9H,13-14H2,1-3H3,(H,15,16). The van der Waals surface area contributed by atoms with E-state index in [4.69, 9.17) is 11.6 Å². The fraction of sp³-hybridized carbons (Fsp3) is 0.417. The molecule has 5 heteroatoms. The molecule has 0 bridgehead atoms. The molecule has 17 heavy (non-hydrogen) atoms. The quantitative estimate of drug-likeness (QED) is 0.251. The number of rotatable bonds is 4. The molecule has 0 aliphatic rings. The summed E-state index contributed by atoms with van der Waals surface area (Å²) in [6, 6.07) is 5.79. The van der Waals surface area contributed by atoms with Crippen molar-refractivity contribution >= 4 is 23.4 Å². The van der Waals surface area contributed by atoms with Crippen molar-refractivity contribution in [2.45, 2.75) is 30.9 Å². The number of nitrogens with two attached hydrogens (primary N) is 2. The molecule has 2 atom stereocenters. The summed E-state index contributed by atoms with van der Waals surface area (Å²) < 4.78 is 0. The fourth-order valence-corrected chi connectivity index (χ4v) is 2.57. The number of hydrogen-bond acceptors (Lipinski definition) is 4. The zero-order valence-electron chi connectivity index (χ0n) is 10.4. The van der Waals surface area contributed by atoms with Crippen molar-refractivity contribution in [2.75, 3.05) is 5.73 Å². The number of thioether (sulfide) groups is 1. The van der Waals surface area contributed by atoms with Crippen LogP contribution < -0.4 is 17.0 Å². The first-order chi connectivity index (χ1) is 7.95. The summed E-state index contributed by atoms with van der Waals surface area (Å²) >= 11 is 1.66. The number of carbonyl (C=O) groups is 1. The van der Waals surface area contributed by atoms with E-state index in [2.05, 4.69) is 5.43 Å². The molecule has 2 unspecified atom stereocenters. The number of benzene rings is 1. The Kier molecular flexibility index (Phi) is 4.84. The minimum absolute atomic E-state index is 0.137. The maximum absolute atomic E-state index is 11.4. The molecule has 1 aromatic rings. The van der Waals surface area contributed by atoms with E-state index in [1.807, 2.05) is 39.0 Å². The first-order valence-electron chi connectivity index (χ1n) is 5.49. The highest BCUT2D eigenvalue weighted by Gasteiger charge is 2.20. The highest BCUT2D eigenvalue weighted by Crippen LogP contribution is 2.31. The predicted octanol–water partition coefficient (Wildman–Crippen LogP) is 1.68. The van der Waals surface area contributed by atoms with Crippen LogP contribution in [0.25, 0.3) is 0 Å². The minimum Gasteiger partial charge on any atom is -0.399 e. The molecular formula is C12H19N3OS. The molecule has 1 amide bonds. The van der Waals surface area contributed by atoms with Crippen molar-refractivity contribution in [1.82, 2.24) is 5.43 Å². The average molecular weight is 253 g/mol. The van der Waals surface area contributed by atoms with Crippen LogP contribution in [0.4, 0.5) is 5.69 Å². The Balaban J connectivity index is 2.74. The Morgan fingerprint density at radius 3 is 2.59 bits per heavy atom. The number of nitrogens with one attached hydrogen (secondary N) is 1. The lowest BCUT2D eigenvalue weighted by Crippen LogP contribution is -2.38. The molecule has 1 aromatic carbocycles. The van der Waals surface area contributed by atoms with Gasteiger partial charge in [0, 0.05) is 21.8 Å². The average Bonchev–Trinajstić information content (AvgIpc) is 2.30. The summed E-state index contributed by atoms with van der Waals surface area (Å²) in [4.78, 5) is 12.6. The lowest BCUT2D eigenvalue weighted by molar-refractivity contribution is -0.124. The van der Waals surface area contributed by atoms with Crippen LogP contribution in [-0.2, 0) is 4.79 Å². The molecule has 0 aliphatic heterocycles. The molecule has 0 spiro atoms. The maximum Gasteiger partial charge on any atom is 0.237 e. The second-order valence-electron chi connectivity index (χ2n) is 4.15. The van der Waals surface area contributed by atoms with Gasteiger partial charge in [-0.2, -0.15) is 0 Å². The van der Waals surface area contributed by atoms with Crippen molar-refractivity contribution < 1.29 is 4.79 Å². The molecule has 0 saturated heterocycles. The second-order valence-corrected chi connectivity index (χ2v) is 5.56. The molecule has 94 valence electrons. The number of hydrazine groups is 1. The molecule has 1 rings (SSSR count). The minimum atomic E-state index is -0.141. The van der Waals surface area contributed by atoms with Crippen LogP contribution in [0.15, 0.2) is 23.1 Å². The summed E-state index contributed by atoms with van der Waals surface area (Å²) in [5, 5.41) is 0.154. The molecule has 0 aromatic heterocycles. The Morgan fingerprint density at radius 2 is 2.06 bits per heavy atom. The number of amides is 1. The Morgan fingerprint density at radius 1 is 1.41 bits per heavy atom. The van der Waals surface area contributed by atoms with Gasteiger partial charge in [-0.3, -0.25) is 10.2 Å². The summed E-state index contributed by atoms with van der Waals surface area (Å²) in [5.41, 5.74) is 9.76. The summed E-state index contributed by atoms with van der Waals surface area (Å²) in [5.74, 6) is 4.85. The third-order valence-corrected chi connectivity index (χ3v) is 4.26. The third-order valence-electron chi connectivity index (χ3n) is 2.77. The number of anilines is 1. The lowest BCUT2D eigenvalue weighted by Gasteiger charge is -2.18. The fourth-order valence-electron chi connectivity index (χ4n) is 1.45. The molecule has 0 radical (unpaired) electrons. The van der Waals surface area contributed by atoms with E-state index in [0.717, 1.165) is 16.1 Å². The van der Waals surface area contributed by atoms with Crippen LogP contribution in [0.5, 0.6) is 0 Å². The largest absolute Gasteiger partial charge is 0.399 e. The molecule has 0 heterocycles. The Bertz CT molecular complexity index is 409. The van der Waals surface area contributed by atoms with E-state index in [9.17, 15) is 4.79 Å². The van der Waals surface area contributed by atoms with E-state index in [0.29, 0.717) is 0 Å². The van der Waals surface area contributed by atoms with Gasteiger partial charge in [-0.1, -0.05) is 13.8 Å². The van der Waals surface area contributed by atoms with Gasteiger partial charge in [0.1, 0.15) is 0 Å². The van der Waals surface area contributed by atoms with Crippen LogP contribution in [0.3, 0.4) is 0 Å².